The molecule has 0 amide bonds. The third-order valence-electron chi connectivity index (χ3n) is 3.07. The summed E-state index contributed by atoms with van der Waals surface area (Å²) in [5, 5.41) is 0. The molecule has 0 atom stereocenters. The van der Waals surface area contributed by atoms with Crippen molar-refractivity contribution in [3.63, 3.8) is 0 Å². The molecule has 0 aliphatic carbocycles. The van der Waals surface area contributed by atoms with E-state index in [2.05, 4.69) is 0 Å². The van der Waals surface area contributed by atoms with Gasteiger partial charge < -0.3 is 10.5 Å². The molecule has 2 aromatic carbocycles. The molecule has 0 heterocycles. The van der Waals surface area contributed by atoms with Crippen LogP contribution in [0.5, 0.6) is 5.75 Å². The summed E-state index contributed by atoms with van der Waals surface area (Å²) in [7, 11) is 0. The van der Waals surface area contributed by atoms with Crippen LogP contribution in [-0.2, 0) is 13.0 Å². The fraction of sp³-hybridized carbons (Fsp3) is 0.250. The van der Waals surface area contributed by atoms with Crippen LogP contribution in [0.1, 0.15) is 16.7 Å². The van der Waals surface area contributed by atoms with Crippen molar-refractivity contribution >= 4 is 0 Å². The van der Waals surface area contributed by atoms with Crippen LogP contribution in [0.15, 0.2) is 42.5 Å². The molecule has 2 aromatic rings. The fourth-order valence-corrected chi connectivity index (χ4v) is 1.99. The zero-order valence-electron chi connectivity index (χ0n) is 11.0. The zero-order valence-corrected chi connectivity index (χ0v) is 11.0. The molecule has 0 saturated heterocycles. The lowest BCUT2D eigenvalue weighted by Crippen LogP contribution is -2.07. The smallest absolute Gasteiger partial charge is 0.167 e. The largest absolute Gasteiger partial charge is 0.486 e. The Morgan fingerprint density at radius 2 is 1.79 bits per heavy atom. The van der Waals surface area contributed by atoms with Crippen LogP contribution in [0.2, 0.25) is 0 Å². The molecule has 0 bridgehead atoms. The van der Waals surface area contributed by atoms with Gasteiger partial charge in [-0.15, -0.1) is 0 Å². The molecule has 0 aromatic heterocycles. The van der Waals surface area contributed by atoms with Gasteiger partial charge in [-0.25, -0.2) is 4.39 Å². The second-order valence-electron chi connectivity index (χ2n) is 4.48. The Kier molecular flexibility index (Phi) is 4.53. The Hall–Kier alpha value is -1.87. The Labute approximate surface area is 113 Å². The minimum Gasteiger partial charge on any atom is -0.486 e. The summed E-state index contributed by atoms with van der Waals surface area (Å²) in [5.74, 6) is 0.00126. The van der Waals surface area contributed by atoms with E-state index in [9.17, 15) is 4.39 Å². The molecule has 0 aliphatic rings. The first-order chi connectivity index (χ1) is 9.22. The highest BCUT2D eigenvalue weighted by Crippen LogP contribution is 2.21. The zero-order chi connectivity index (χ0) is 13.7. The predicted molar refractivity (Wildman–Crippen MR) is 74.7 cm³/mol. The van der Waals surface area contributed by atoms with E-state index in [4.69, 9.17) is 10.5 Å². The highest BCUT2D eigenvalue weighted by Gasteiger charge is 2.07. The van der Waals surface area contributed by atoms with Crippen molar-refractivity contribution in [2.24, 2.45) is 5.73 Å². The van der Waals surface area contributed by atoms with E-state index in [1.807, 2.05) is 24.3 Å². The minimum absolute atomic E-state index is 0.293. The lowest BCUT2D eigenvalue weighted by Gasteiger charge is -2.11. The molecular formula is C16H18FNO. The van der Waals surface area contributed by atoms with Crippen molar-refractivity contribution in [2.75, 3.05) is 6.54 Å². The molecule has 2 rings (SSSR count). The molecule has 2 nitrogen and oxygen atoms in total. The summed E-state index contributed by atoms with van der Waals surface area (Å²) in [4.78, 5) is 0. The number of aryl methyl sites for hydroxylation is 1. The molecule has 19 heavy (non-hydrogen) atoms. The highest BCUT2D eigenvalue weighted by molar-refractivity contribution is 5.31. The molecule has 100 valence electrons. The summed E-state index contributed by atoms with van der Waals surface area (Å²) in [6.45, 7) is 2.68. The first kappa shape index (κ1) is 13.6. The topological polar surface area (TPSA) is 35.2 Å². The number of benzene rings is 2. The van der Waals surface area contributed by atoms with Gasteiger partial charge in [0.15, 0.2) is 11.6 Å². The van der Waals surface area contributed by atoms with Gasteiger partial charge in [0, 0.05) is 0 Å². The number of ether oxygens (including phenoxy) is 1. The molecule has 3 heteroatoms. The van der Waals surface area contributed by atoms with Crippen LogP contribution in [0, 0.1) is 12.7 Å². The van der Waals surface area contributed by atoms with E-state index < -0.39 is 0 Å². The second-order valence-corrected chi connectivity index (χ2v) is 4.48. The Morgan fingerprint density at radius 1 is 1.05 bits per heavy atom. The quantitative estimate of drug-likeness (QED) is 0.894. The van der Waals surface area contributed by atoms with Crippen LogP contribution in [0.25, 0.3) is 0 Å². The van der Waals surface area contributed by atoms with Gasteiger partial charge in [0.1, 0.15) is 6.61 Å². The van der Waals surface area contributed by atoms with Crippen molar-refractivity contribution in [1.82, 2.24) is 0 Å². The monoisotopic (exact) mass is 259 g/mol. The average molecular weight is 259 g/mol. The maximum atomic E-state index is 13.8. The van der Waals surface area contributed by atoms with Crippen LogP contribution < -0.4 is 10.5 Å². The minimum atomic E-state index is -0.293. The average Bonchev–Trinajstić information content (AvgIpc) is 2.42. The van der Waals surface area contributed by atoms with Gasteiger partial charge in [0.25, 0.3) is 0 Å². The standard InChI is InChI=1S/C16H18FNO/c1-12-5-4-8-15(16(12)17)19-11-14-7-3-2-6-13(14)9-10-18/h2-8H,9-11,18H2,1H3. The van der Waals surface area contributed by atoms with Crippen LogP contribution in [0.4, 0.5) is 4.39 Å². The fourth-order valence-electron chi connectivity index (χ4n) is 1.99. The van der Waals surface area contributed by atoms with Crippen molar-refractivity contribution in [3.8, 4) is 5.75 Å². The second kappa shape index (κ2) is 6.34. The lowest BCUT2D eigenvalue weighted by molar-refractivity contribution is 0.288. The van der Waals surface area contributed by atoms with Gasteiger partial charge in [0.05, 0.1) is 0 Å². The van der Waals surface area contributed by atoms with E-state index in [0.717, 1.165) is 17.5 Å². The number of rotatable bonds is 5. The molecule has 0 unspecified atom stereocenters. The summed E-state index contributed by atoms with van der Waals surface area (Å²) in [6.07, 6.45) is 0.801. The van der Waals surface area contributed by atoms with Gasteiger partial charge >= 0.3 is 0 Å². The van der Waals surface area contributed by atoms with Crippen molar-refractivity contribution in [1.29, 1.82) is 0 Å². The Balaban J connectivity index is 2.12. The SMILES string of the molecule is Cc1cccc(OCc2ccccc2CCN)c1F. The molecular weight excluding hydrogens is 241 g/mol. The molecule has 0 radical (unpaired) electrons. The summed E-state index contributed by atoms with van der Waals surface area (Å²) >= 11 is 0. The lowest BCUT2D eigenvalue weighted by atomic mass is 10.1. The van der Waals surface area contributed by atoms with Crippen molar-refractivity contribution in [2.45, 2.75) is 20.0 Å². The Morgan fingerprint density at radius 3 is 2.53 bits per heavy atom. The summed E-state index contributed by atoms with van der Waals surface area (Å²) < 4.78 is 19.4. The van der Waals surface area contributed by atoms with E-state index in [0.29, 0.717) is 24.5 Å². The normalized spacial score (nSPS) is 10.5. The number of hydrogen-bond acceptors (Lipinski definition) is 2. The van der Waals surface area contributed by atoms with Crippen LogP contribution in [-0.4, -0.2) is 6.54 Å². The molecule has 0 saturated carbocycles. The third-order valence-corrected chi connectivity index (χ3v) is 3.07. The van der Waals surface area contributed by atoms with Crippen molar-refractivity contribution < 1.29 is 9.13 Å². The first-order valence-electron chi connectivity index (χ1n) is 6.37. The summed E-state index contributed by atoms with van der Waals surface area (Å²) in [6, 6.07) is 13.1. The van der Waals surface area contributed by atoms with Gasteiger partial charge in [-0.2, -0.15) is 0 Å². The first-order valence-corrected chi connectivity index (χ1v) is 6.37. The van der Waals surface area contributed by atoms with E-state index in [1.165, 1.54) is 0 Å². The van der Waals surface area contributed by atoms with Gasteiger partial charge in [-0.1, -0.05) is 36.4 Å². The summed E-state index contributed by atoms with van der Waals surface area (Å²) in [5.41, 5.74) is 8.37. The molecule has 0 fully saturated rings. The van der Waals surface area contributed by atoms with E-state index in [1.54, 1.807) is 25.1 Å². The van der Waals surface area contributed by atoms with Gasteiger partial charge in [-0.3, -0.25) is 0 Å². The van der Waals surface area contributed by atoms with Gasteiger partial charge in [-0.05, 0) is 42.6 Å². The Bertz CT molecular complexity index is 554. The number of nitrogens with two attached hydrogens (primary N) is 1. The maximum Gasteiger partial charge on any atom is 0.167 e. The van der Waals surface area contributed by atoms with Crippen LogP contribution >= 0.6 is 0 Å². The molecule has 2 N–H and O–H groups in total. The van der Waals surface area contributed by atoms with E-state index >= 15 is 0 Å². The van der Waals surface area contributed by atoms with E-state index in [-0.39, 0.29) is 5.82 Å². The van der Waals surface area contributed by atoms with Gasteiger partial charge in [0.2, 0.25) is 0 Å². The highest BCUT2D eigenvalue weighted by atomic mass is 19.1. The number of halogens is 1. The molecule has 0 aliphatic heterocycles. The van der Waals surface area contributed by atoms with Crippen molar-refractivity contribution in [3.05, 3.63) is 65.0 Å². The maximum absolute atomic E-state index is 13.8. The molecule has 0 spiro atoms. The van der Waals surface area contributed by atoms with Crippen LogP contribution in [0.3, 0.4) is 0 Å². The predicted octanol–water partition coefficient (Wildman–Crippen LogP) is 3.21. The number of hydrogen-bond donors (Lipinski definition) is 1. The third kappa shape index (κ3) is 3.32.